The summed E-state index contributed by atoms with van der Waals surface area (Å²) < 4.78 is 28.7. The second-order valence-corrected chi connectivity index (χ2v) is 8.36. The summed E-state index contributed by atoms with van der Waals surface area (Å²) in [6, 6.07) is 5.60. The maximum atomic E-state index is 12.0. The Balaban J connectivity index is 2.03. The second kappa shape index (κ2) is 6.19. The molecule has 0 N–H and O–H groups in total. The lowest BCUT2D eigenvalue weighted by molar-refractivity contribution is 0.515. The van der Waals surface area contributed by atoms with Crippen LogP contribution >= 0.6 is 11.6 Å². The van der Waals surface area contributed by atoms with Crippen molar-refractivity contribution in [3.8, 4) is 11.5 Å². The van der Waals surface area contributed by atoms with Crippen molar-refractivity contribution in [1.82, 2.24) is 23.6 Å². The molecule has 0 unspecified atom stereocenters. The molecule has 0 saturated heterocycles. The first-order valence-corrected chi connectivity index (χ1v) is 9.33. The predicted molar refractivity (Wildman–Crippen MR) is 94.4 cm³/mol. The first-order chi connectivity index (χ1) is 11.3. The summed E-state index contributed by atoms with van der Waals surface area (Å²) in [5.74, 6) is 0.588. The van der Waals surface area contributed by atoms with Crippen molar-refractivity contribution in [2.75, 3.05) is 19.8 Å². The zero-order valence-electron chi connectivity index (χ0n) is 13.6. The number of hydrogen-bond donors (Lipinski definition) is 0. The van der Waals surface area contributed by atoms with Gasteiger partial charge in [-0.05, 0) is 12.1 Å². The molecule has 0 fully saturated rings. The van der Waals surface area contributed by atoms with E-state index >= 15 is 0 Å². The minimum absolute atomic E-state index is 0.0120. The number of aryl methyl sites for hydroxylation is 2. The van der Waals surface area contributed by atoms with Crippen molar-refractivity contribution >= 4 is 32.5 Å². The van der Waals surface area contributed by atoms with E-state index in [2.05, 4.69) is 10.1 Å². The number of hydrogen-bond acceptors (Lipinski definition) is 4. The lowest BCUT2D eigenvalue weighted by Crippen LogP contribution is -2.27. The molecule has 0 aliphatic carbocycles. The Hall–Kier alpha value is -1.90. The van der Waals surface area contributed by atoms with Crippen molar-refractivity contribution in [2.45, 2.75) is 6.54 Å². The van der Waals surface area contributed by atoms with Gasteiger partial charge in [0, 0.05) is 45.5 Å². The topological polar surface area (TPSA) is 73.0 Å². The molecule has 0 aliphatic rings. The van der Waals surface area contributed by atoms with Crippen molar-refractivity contribution in [1.29, 1.82) is 0 Å². The minimum Gasteiger partial charge on any atom is -0.329 e. The number of imidazole rings is 1. The van der Waals surface area contributed by atoms with Crippen LogP contribution in [0.25, 0.3) is 22.4 Å². The van der Waals surface area contributed by atoms with Crippen LogP contribution in [0.3, 0.4) is 0 Å². The lowest BCUT2D eigenvalue weighted by atomic mass is 10.2. The standard InChI is InChI=1S/C15H18ClN5O2S/c1-19(2)24(22,23)10-9-21-8-7-17-15(21)14-13-11(16)5-4-6-12(13)20(3)18-14/h4-8H,9-10H2,1-3H3. The summed E-state index contributed by atoms with van der Waals surface area (Å²) in [6.45, 7) is 0.290. The van der Waals surface area contributed by atoms with Gasteiger partial charge in [-0.1, -0.05) is 17.7 Å². The van der Waals surface area contributed by atoms with Crippen LogP contribution in [0, 0.1) is 0 Å². The van der Waals surface area contributed by atoms with Gasteiger partial charge in [-0.2, -0.15) is 5.10 Å². The molecule has 128 valence electrons. The molecule has 0 atom stereocenters. The Labute approximate surface area is 145 Å². The first kappa shape index (κ1) is 16.9. The highest BCUT2D eigenvalue weighted by Crippen LogP contribution is 2.32. The average molecular weight is 368 g/mol. The van der Waals surface area contributed by atoms with Gasteiger partial charge in [0.05, 0.1) is 16.3 Å². The molecule has 3 rings (SSSR count). The van der Waals surface area contributed by atoms with Gasteiger partial charge in [-0.3, -0.25) is 4.68 Å². The van der Waals surface area contributed by atoms with Gasteiger partial charge >= 0.3 is 0 Å². The third-order valence-electron chi connectivity index (χ3n) is 3.90. The molecule has 0 saturated carbocycles. The van der Waals surface area contributed by atoms with Gasteiger partial charge in [0.2, 0.25) is 10.0 Å². The summed E-state index contributed by atoms with van der Waals surface area (Å²) in [5.41, 5.74) is 1.54. The molecular weight excluding hydrogens is 350 g/mol. The van der Waals surface area contributed by atoms with Gasteiger partial charge in [0.25, 0.3) is 0 Å². The van der Waals surface area contributed by atoms with E-state index in [4.69, 9.17) is 11.6 Å². The quantitative estimate of drug-likeness (QED) is 0.691. The van der Waals surface area contributed by atoms with E-state index in [1.165, 1.54) is 18.4 Å². The molecule has 7 nitrogen and oxygen atoms in total. The maximum absolute atomic E-state index is 12.0. The molecular formula is C15H18ClN5O2S. The summed E-state index contributed by atoms with van der Waals surface area (Å²) in [7, 11) is 1.60. The first-order valence-electron chi connectivity index (χ1n) is 7.34. The van der Waals surface area contributed by atoms with Crippen molar-refractivity contribution < 1.29 is 8.42 Å². The largest absolute Gasteiger partial charge is 0.329 e. The summed E-state index contributed by atoms with van der Waals surface area (Å²) in [4.78, 5) is 4.36. The smallest absolute Gasteiger partial charge is 0.215 e. The lowest BCUT2D eigenvalue weighted by Gasteiger charge is -2.12. The number of sulfonamides is 1. The molecule has 0 radical (unpaired) electrons. The number of benzene rings is 1. The van der Waals surface area contributed by atoms with Crippen LogP contribution in [0.5, 0.6) is 0 Å². The van der Waals surface area contributed by atoms with E-state index in [1.807, 2.05) is 19.2 Å². The Morgan fingerprint density at radius 3 is 2.75 bits per heavy atom. The molecule has 0 spiro atoms. The molecule has 1 aromatic carbocycles. The number of aromatic nitrogens is 4. The molecule has 0 amide bonds. The van der Waals surface area contributed by atoms with E-state index in [0.29, 0.717) is 23.1 Å². The van der Waals surface area contributed by atoms with E-state index in [0.717, 1.165) is 10.9 Å². The number of rotatable bonds is 5. The summed E-state index contributed by atoms with van der Waals surface area (Å²) >= 11 is 6.34. The molecule has 9 heteroatoms. The highest BCUT2D eigenvalue weighted by atomic mass is 35.5. The summed E-state index contributed by atoms with van der Waals surface area (Å²) in [6.07, 6.45) is 3.38. The molecule has 24 heavy (non-hydrogen) atoms. The van der Waals surface area contributed by atoms with Crippen LogP contribution in [0.2, 0.25) is 5.02 Å². The Bertz CT molecular complexity index is 991. The number of fused-ring (bicyclic) bond motifs is 1. The van der Waals surface area contributed by atoms with Crippen LogP contribution in [0.4, 0.5) is 0 Å². The third kappa shape index (κ3) is 2.92. The Morgan fingerprint density at radius 1 is 1.29 bits per heavy atom. The molecule has 0 bridgehead atoms. The van der Waals surface area contributed by atoms with Gasteiger partial charge < -0.3 is 4.57 Å². The number of halogens is 1. The Kier molecular flexibility index (Phi) is 4.37. The van der Waals surface area contributed by atoms with Gasteiger partial charge in [0.15, 0.2) is 5.82 Å². The van der Waals surface area contributed by atoms with Crippen LogP contribution < -0.4 is 0 Å². The van der Waals surface area contributed by atoms with E-state index < -0.39 is 10.0 Å². The van der Waals surface area contributed by atoms with E-state index in [1.54, 1.807) is 27.7 Å². The van der Waals surface area contributed by atoms with Crippen molar-refractivity contribution in [3.63, 3.8) is 0 Å². The SMILES string of the molecule is CN(C)S(=O)(=O)CCn1ccnc1-c1nn(C)c2cccc(Cl)c12. The highest BCUT2D eigenvalue weighted by Gasteiger charge is 2.19. The molecule has 2 heterocycles. The fourth-order valence-corrected chi connectivity index (χ4v) is 3.58. The van der Waals surface area contributed by atoms with Crippen LogP contribution in [-0.2, 0) is 23.6 Å². The fraction of sp³-hybridized carbons (Fsp3) is 0.333. The van der Waals surface area contributed by atoms with E-state index in [-0.39, 0.29) is 5.75 Å². The third-order valence-corrected chi connectivity index (χ3v) is 6.03. The van der Waals surface area contributed by atoms with Gasteiger partial charge in [-0.15, -0.1) is 0 Å². The molecule has 3 aromatic rings. The zero-order chi connectivity index (χ0) is 17.5. The predicted octanol–water partition coefficient (Wildman–Crippen LogP) is 1.98. The van der Waals surface area contributed by atoms with E-state index in [9.17, 15) is 8.42 Å². The minimum atomic E-state index is -3.29. The van der Waals surface area contributed by atoms with Crippen molar-refractivity contribution in [3.05, 3.63) is 35.6 Å². The summed E-state index contributed by atoms with van der Waals surface area (Å²) in [5, 5.41) is 5.92. The van der Waals surface area contributed by atoms with Gasteiger partial charge in [0.1, 0.15) is 5.69 Å². The Morgan fingerprint density at radius 2 is 2.04 bits per heavy atom. The molecule has 2 aromatic heterocycles. The van der Waals surface area contributed by atoms with Crippen molar-refractivity contribution in [2.24, 2.45) is 7.05 Å². The molecule has 0 aliphatic heterocycles. The maximum Gasteiger partial charge on any atom is 0.215 e. The fourth-order valence-electron chi connectivity index (χ4n) is 2.53. The van der Waals surface area contributed by atoms with Crippen LogP contribution in [0.15, 0.2) is 30.6 Å². The van der Waals surface area contributed by atoms with Crippen LogP contribution in [0.1, 0.15) is 0 Å². The highest BCUT2D eigenvalue weighted by molar-refractivity contribution is 7.89. The number of nitrogens with zero attached hydrogens (tertiary/aromatic N) is 5. The van der Waals surface area contributed by atoms with Gasteiger partial charge in [-0.25, -0.2) is 17.7 Å². The average Bonchev–Trinajstić information content (AvgIpc) is 3.10. The zero-order valence-corrected chi connectivity index (χ0v) is 15.2. The monoisotopic (exact) mass is 367 g/mol. The normalized spacial score (nSPS) is 12.4. The second-order valence-electron chi connectivity index (χ2n) is 5.65. The van der Waals surface area contributed by atoms with Crippen LogP contribution in [-0.4, -0.2) is 51.9 Å².